The summed E-state index contributed by atoms with van der Waals surface area (Å²) >= 11 is 0. The van der Waals surface area contributed by atoms with Crippen LogP contribution in [0.4, 0.5) is 0 Å². The summed E-state index contributed by atoms with van der Waals surface area (Å²) in [6, 6.07) is 9.49. The van der Waals surface area contributed by atoms with Gasteiger partial charge in [-0.3, -0.25) is 4.79 Å². The molecule has 0 radical (unpaired) electrons. The number of carbonyl (C=O) groups is 1. The van der Waals surface area contributed by atoms with Crippen LogP contribution >= 0.6 is 0 Å². The van der Waals surface area contributed by atoms with Gasteiger partial charge in [0.1, 0.15) is 0 Å². The Bertz CT molecular complexity index is 901. The highest BCUT2D eigenvalue weighted by atomic mass is 16.7. The molecule has 0 aliphatic carbocycles. The van der Waals surface area contributed by atoms with Gasteiger partial charge in [0.25, 0.3) is 0 Å². The molecule has 1 aliphatic heterocycles. The zero-order valence-electron chi connectivity index (χ0n) is 18.9. The Morgan fingerprint density at radius 1 is 0.938 bits per heavy atom. The first-order valence-electron chi connectivity index (χ1n) is 10.4. The number of methoxy groups -OCH3 is 3. The topological polar surface area (TPSA) is 92.7 Å². The number of carbonyl (C=O) groups excluding carboxylic acids is 1. The van der Waals surface area contributed by atoms with E-state index in [-0.39, 0.29) is 37.8 Å². The van der Waals surface area contributed by atoms with Crippen LogP contribution in [0.5, 0.6) is 28.7 Å². The summed E-state index contributed by atoms with van der Waals surface area (Å²) in [6.07, 6.45) is 1.13. The Morgan fingerprint density at radius 3 is 2.19 bits per heavy atom. The first-order chi connectivity index (χ1) is 15.5. The summed E-state index contributed by atoms with van der Waals surface area (Å²) in [5, 5.41) is 10.2. The van der Waals surface area contributed by atoms with E-state index in [1.807, 2.05) is 30.3 Å². The quantitative estimate of drug-likeness (QED) is 0.527. The Kier molecular flexibility index (Phi) is 8.05. The van der Waals surface area contributed by atoms with Crippen molar-refractivity contribution in [2.45, 2.75) is 19.8 Å². The van der Waals surface area contributed by atoms with E-state index in [4.69, 9.17) is 28.4 Å². The number of aliphatic hydroxyl groups is 1. The number of esters is 1. The Morgan fingerprint density at radius 2 is 1.59 bits per heavy atom. The molecule has 3 rings (SSSR count). The summed E-state index contributed by atoms with van der Waals surface area (Å²) in [7, 11) is 4.68. The lowest BCUT2D eigenvalue weighted by molar-refractivity contribution is -0.143. The number of ether oxygens (including phenoxy) is 6. The maximum atomic E-state index is 11.5. The molecule has 1 heterocycles. The third-order valence-electron chi connectivity index (χ3n) is 5.56. The monoisotopic (exact) mass is 446 g/mol. The van der Waals surface area contributed by atoms with Gasteiger partial charge in [-0.25, -0.2) is 0 Å². The molecule has 2 unspecified atom stereocenters. The summed E-state index contributed by atoms with van der Waals surface area (Å²) in [6.45, 7) is 1.70. The van der Waals surface area contributed by atoms with Crippen molar-refractivity contribution in [3.63, 3.8) is 0 Å². The minimum absolute atomic E-state index is 0.0647. The van der Waals surface area contributed by atoms with Gasteiger partial charge < -0.3 is 33.5 Å². The van der Waals surface area contributed by atoms with Gasteiger partial charge in [0.15, 0.2) is 23.0 Å². The summed E-state index contributed by atoms with van der Waals surface area (Å²) in [4.78, 5) is 11.5. The first-order valence-corrected chi connectivity index (χ1v) is 10.4. The molecule has 0 saturated carbocycles. The van der Waals surface area contributed by atoms with Gasteiger partial charge in [0.2, 0.25) is 12.5 Å². The molecule has 1 N–H and O–H groups in total. The van der Waals surface area contributed by atoms with Crippen LogP contribution in [0.1, 0.15) is 18.1 Å². The van der Waals surface area contributed by atoms with Gasteiger partial charge in [0, 0.05) is 19.4 Å². The Hall–Kier alpha value is -3.13. The normalized spacial score (nSPS) is 13.9. The smallest absolute Gasteiger partial charge is 0.302 e. The third-order valence-corrected chi connectivity index (χ3v) is 5.56. The molecule has 2 aromatic carbocycles. The molecule has 0 spiro atoms. The lowest BCUT2D eigenvalue weighted by atomic mass is 9.83. The predicted octanol–water partition coefficient (Wildman–Crippen LogP) is 3.01. The Labute approximate surface area is 187 Å². The molecule has 2 atom stereocenters. The van der Waals surface area contributed by atoms with Crippen LogP contribution in [0, 0.1) is 11.8 Å². The molecule has 0 bridgehead atoms. The van der Waals surface area contributed by atoms with E-state index in [1.54, 1.807) is 21.3 Å². The van der Waals surface area contributed by atoms with Crippen molar-refractivity contribution in [1.29, 1.82) is 0 Å². The molecule has 8 heteroatoms. The summed E-state index contributed by atoms with van der Waals surface area (Å²) in [5.41, 5.74) is 1.92. The molecular formula is C24H30O8. The zero-order valence-corrected chi connectivity index (χ0v) is 18.9. The van der Waals surface area contributed by atoms with Crippen molar-refractivity contribution in [2.75, 3.05) is 41.3 Å². The maximum Gasteiger partial charge on any atom is 0.302 e. The van der Waals surface area contributed by atoms with E-state index in [1.165, 1.54) is 6.92 Å². The van der Waals surface area contributed by atoms with Crippen molar-refractivity contribution in [1.82, 2.24) is 0 Å². The molecule has 32 heavy (non-hydrogen) atoms. The molecule has 174 valence electrons. The highest BCUT2D eigenvalue weighted by Gasteiger charge is 2.26. The van der Waals surface area contributed by atoms with Crippen LogP contribution < -0.4 is 23.7 Å². The van der Waals surface area contributed by atoms with E-state index in [2.05, 4.69) is 0 Å². The Balaban J connectivity index is 1.85. The average Bonchev–Trinajstić information content (AvgIpc) is 3.27. The standard InChI is InChI=1S/C24H30O8/c1-15(26)30-13-19(8-17-10-22(27-2)24(29-4)23(11-17)28-3)18(12-25)7-16-5-6-20-21(9-16)32-14-31-20/h5-6,9-11,18-19,25H,7-8,12-14H2,1-4H3. The second-order valence-electron chi connectivity index (χ2n) is 7.63. The number of hydrogen-bond acceptors (Lipinski definition) is 8. The number of hydrogen-bond donors (Lipinski definition) is 1. The van der Waals surface area contributed by atoms with Gasteiger partial charge in [-0.05, 0) is 54.2 Å². The van der Waals surface area contributed by atoms with Crippen LogP contribution in [-0.2, 0) is 22.4 Å². The highest BCUT2D eigenvalue weighted by molar-refractivity contribution is 5.65. The molecule has 0 amide bonds. The largest absolute Gasteiger partial charge is 0.493 e. The van der Waals surface area contributed by atoms with Crippen molar-refractivity contribution >= 4 is 5.97 Å². The second kappa shape index (κ2) is 10.9. The molecule has 8 nitrogen and oxygen atoms in total. The van der Waals surface area contributed by atoms with E-state index in [0.29, 0.717) is 41.6 Å². The van der Waals surface area contributed by atoms with E-state index in [9.17, 15) is 9.90 Å². The average molecular weight is 446 g/mol. The van der Waals surface area contributed by atoms with Crippen LogP contribution in [0.15, 0.2) is 30.3 Å². The summed E-state index contributed by atoms with van der Waals surface area (Å²) in [5.74, 6) is 2.34. The fraction of sp³-hybridized carbons (Fsp3) is 0.458. The van der Waals surface area contributed by atoms with Gasteiger partial charge in [0.05, 0.1) is 27.9 Å². The van der Waals surface area contributed by atoms with Crippen molar-refractivity contribution < 1.29 is 38.3 Å². The number of rotatable bonds is 11. The van der Waals surface area contributed by atoms with Crippen molar-refractivity contribution in [2.24, 2.45) is 11.8 Å². The van der Waals surface area contributed by atoms with E-state index in [0.717, 1.165) is 11.1 Å². The second-order valence-corrected chi connectivity index (χ2v) is 7.63. The molecule has 0 saturated heterocycles. The molecule has 0 fully saturated rings. The third kappa shape index (κ3) is 5.56. The van der Waals surface area contributed by atoms with Gasteiger partial charge >= 0.3 is 5.97 Å². The van der Waals surface area contributed by atoms with E-state index < -0.39 is 0 Å². The van der Waals surface area contributed by atoms with Crippen LogP contribution in [0.3, 0.4) is 0 Å². The number of fused-ring (bicyclic) bond motifs is 1. The van der Waals surface area contributed by atoms with Crippen LogP contribution in [-0.4, -0.2) is 52.4 Å². The van der Waals surface area contributed by atoms with Crippen molar-refractivity contribution in [3.05, 3.63) is 41.5 Å². The molecule has 0 aromatic heterocycles. The maximum absolute atomic E-state index is 11.5. The van der Waals surface area contributed by atoms with Gasteiger partial charge in [-0.2, -0.15) is 0 Å². The summed E-state index contributed by atoms with van der Waals surface area (Å²) < 4.78 is 32.5. The van der Waals surface area contributed by atoms with Crippen molar-refractivity contribution in [3.8, 4) is 28.7 Å². The molecule has 2 aromatic rings. The fourth-order valence-corrected chi connectivity index (χ4v) is 3.89. The number of benzene rings is 2. The fourth-order valence-electron chi connectivity index (χ4n) is 3.89. The minimum atomic E-state index is -0.361. The van der Waals surface area contributed by atoms with Gasteiger partial charge in [-0.15, -0.1) is 0 Å². The molecule has 1 aliphatic rings. The van der Waals surface area contributed by atoms with Crippen LogP contribution in [0.25, 0.3) is 0 Å². The zero-order chi connectivity index (χ0) is 23.1. The SMILES string of the molecule is COc1cc(CC(COC(C)=O)C(CO)Cc2ccc3c(c2)OCO3)cc(OC)c1OC. The highest BCUT2D eigenvalue weighted by Crippen LogP contribution is 2.39. The lowest BCUT2D eigenvalue weighted by Gasteiger charge is -2.26. The minimum Gasteiger partial charge on any atom is -0.493 e. The number of aliphatic hydroxyl groups excluding tert-OH is 1. The van der Waals surface area contributed by atoms with E-state index >= 15 is 0 Å². The van der Waals surface area contributed by atoms with Gasteiger partial charge in [-0.1, -0.05) is 6.07 Å². The predicted molar refractivity (Wildman–Crippen MR) is 117 cm³/mol. The lowest BCUT2D eigenvalue weighted by Crippen LogP contribution is -2.28. The first kappa shape index (κ1) is 23.5. The molecular weight excluding hydrogens is 416 g/mol. The van der Waals surface area contributed by atoms with Crippen LogP contribution in [0.2, 0.25) is 0 Å².